The number of amides is 1. The fourth-order valence-corrected chi connectivity index (χ4v) is 4.61. The van der Waals surface area contributed by atoms with E-state index in [0.29, 0.717) is 22.9 Å². The molecular formula is C23H21N3O5S2. The first-order valence-corrected chi connectivity index (χ1v) is 11.7. The molecule has 0 N–H and O–H groups in total. The van der Waals surface area contributed by atoms with Crippen molar-refractivity contribution < 1.29 is 23.8 Å². The maximum Gasteiger partial charge on any atom is 0.331 e. The number of esters is 1. The number of carbonyl (C=O) groups is 2. The van der Waals surface area contributed by atoms with Gasteiger partial charge in [0.15, 0.2) is 18.1 Å². The Kier molecular flexibility index (Phi) is 7.16. The molecular weight excluding hydrogens is 462 g/mol. The SMILES string of the molecule is COc1ccc(C2CC(c3cccs3)=NN2C(=O)COC(=O)C=Cc2nccs2)cc1OC. The number of rotatable bonds is 8. The number of ether oxygens (including phenoxy) is 3. The first-order valence-electron chi connectivity index (χ1n) is 9.98. The van der Waals surface area contributed by atoms with Gasteiger partial charge in [-0.05, 0) is 35.2 Å². The molecule has 0 fully saturated rings. The molecule has 33 heavy (non-hydrogen) atoms. The average Bonchev–Trinajstić information content (AvgIpc) is 3.62. The number of hydrogen-bond donors (Lipinski definition) is 0. The molecule has 0 saturated carbocycles. The Balaban J connectivity index is 1.51. The molecule has 1 atom stereocenters. The van der Waals surface area contributed by atoms with Crippen molar-refractivity contribution in [3.05, 3.63) is 68.8 Å². The average molecular weight is 484 g/mol. The minimum Gasteiger partial charge on any atom is -0.493 e. The molecule has 10 heteroatoms. The minimum atomic E-state index is -0.622. The van der Waals surface area contributed by atoms with Gasteiger partial charge in [-0.1, -0.05) is 12.1 Å². The lowest BCUT2D eigenvalue weighted by Crippen LogP contribution is -2.31. The lowest BCUT2D eigenvalue weighted by Gasteiger charge is -2.22. The molecule has 1 aliphatic heterocycles. The molecule has 8 nitrogen and oxygen atoms in total. The number of hydrogen-bond acceptors (Lipinski definition) is 9. The summed E-state index contributed by atoms with van der Waals surface area (Å²) in [4.78, 5) is 30.1. The Hall–Kier alpha value is -3.50. The number of methoxy groups -OCH3 is 2. The number of benzene rings is 1. The van der Waals surface area contributed by atoms with Crippen molar-refractivity contribution in [2.75, 3.05) is 20.8 Å². The van der Waals surface area contributed by atoms with E-state index in [9.17, 15) is 9.59 Å². The third kappa shape index (κ3) is 5.29. The summed E-state index contributed by atoms with van der Waals surface area (Å²) in [6, 6.07) is 9.05. The molecule has 1 aromatic carbocycles. The Morgan fingerprint density at radius 3 is 2.70 bits per heavy atom. The molecule has 1 aliphatic rings. The maximum absolute atomic E-state index is 13.0. The Labute approximate surface area is 198 Å². The van der Waals surface area contributed by atoms with Crippen LogP contribution < -0.4 is 9.47 Å². The summed E-state index contributed by atoms with van der Waals surface area (Å²) in [6.07, 6.45) is 4.97. The zero-order valence-corrected chi connectivity index (χ0v) is 19.6. The van der Waals surface area contributed by atoms with Crippen LogP contribution in [0.5, 0.6) is 11.5 Å². The van der Waals surface area contributed by atoms with Gasteiger partial charge in [0.2, 0.25) is 0 Å². The van der Waals surface area contributed by atoms with Crippen molar-refractivity contribution in [3.63, 3.8) is 0 Å². The molecule has 170 valence electrons. The molecule has 1 unspecified atom stereocenters. The second kappa shape index (κ2) is 10.4. The third-order valence-electron chi connectivity index (χ3n) is 4.92. The van der Waals surface area contributed by atoms with Gasteiger partial charge in [-0.2, -0.15) is 5.10 Å². The highest BCUT2D eigenvalue weighted by Crippen LogP contribution is 2.37. The van der Waals surface area contributed by atoms with Crippen LogP contribution in [0.4, 0.5) is 0 Å². The molecule has 0 saturated heterocycles. The van der Waals surface area contributed by atoms with Crippen LogP contribution in [0.2, 0.25) is 0 Å². The molecule has 1 amide bonds. The highest BCUT2D eigenvalue weighted by atomic mass is 32.1. The number of hydrazone groups is 1. The zero-order valence-electron chi connectivity index (χ0n) is 18.0. The van der Waals surface area contributed by atoms with Crippen LogP contribution in [-0.2, 0) is 14.3 Å². The highest BCUT2D eigenvalue weighted by molar-refractivity contribution is 7.12. The highest BCUT2D eigenvalue weighted by Gasteiger charge is 2.34. The molecule has 3 heterocycles. The normalized spacial score (nSPS) is 15.5. The van der Waals surface area contributed by atoms with E-state index in [1.165, 1.54) is 22.4 Å². The van der Waals surface area contributed by atoms with E-state index in [4.69, 9.17) is 14.2 Å². The van der Waals surface area contributed by atoms with Crippen LogP contribution >= 0.6 is 22.7 Å². The van der Waals surface area contributed by atoms with Crippen molar-refractivity contribution in [1.82, 2.24) is 9.99 Å². The van der Waals surface area contributed by atoms with Crippen LogP contribution in [0.1, 0.15) is 27.9 Å². The molecule has 4 rings (SSSR count). The van der Waals surface area contributed by atoms with Gasteiger partial charge in [0, 0.05) is 24.1 Å². The molecule has 0 aliphatic carbocycles. The van der Waals surface area contributed by atoms with Gasteiger partial charge in [0.1, 0.15) is 5.01 Å². The largest absolute Gasteiger partial charge is 0.493 e. The summed E-state index contributed by atoms with van der Waals surface area (Å²) in [5.74, 6) is 0.114. The maximum atomic E-state index is 13.0. The monoisotopic (exact) mass is 483 g/mol. The molecule has 3 aromatic rings. The van der Waals surface area contributed by atoms with E-state index in [0.717, 1.165) is 16.2 Å². The Morgan fingerprint density at radius 2 is 2.00 bits per heavy atom. The van der Waals surface area contributed by atoms with Crippen molar-refractivity contribution in [2.24, 2.45) is 5.10 Å². The van der Waals surface area contributed by atoms with Gasteiger partial charge in [0.05, 0.1) is 30.9 Å². The summed E-state index contributed by atoms with van der Waals surface area (Å²) in [5.41, 5.74) is 1.64. The van der Waals surface area contributed by atoms with E-state index in [1.54, 1.807) is 49.3 Å². The smallest absolute Gasteiger partial charge is 0.331 e. The standard InChI is InChI=1S/C23H21N3O5S2/c1-29-18-6-5-15(12-19(18)30-2)17-13-16(20-4-3-10-32-20)25-26(17)22(27)14-31-23(28)8-7-21-24-9-11-33-21/h3-12,17H,13-14H2,1-2H3. The molecule has 2 aromatic heterocycles. The molecule has 0 spiro atoms. The lowest BCUT2D eigenvalue weighted by molar-refractivity contribution is -0.149. The van der Waals surface area contributed by atoms with Gasteiger partial charge in [-0.25, -0.2) is 14.8 Å². The molecule has 0 bridgehead atoms. The van der Waals surface area contributed by atoms with Gasteiger partial charge >= 0.3 is 5.97 Å². The van der Waals surface area contributed by atoms with Gasteiger partial charge < -0.3 is 14.2 Å². The number of thiazole rings is 1. The summed E-state index contributed by atoms with van der Waals surface area (Å²) in [5, 5.41) is 10.4. The van der Waals surface area contributed by atoms with E-state index in [1.807, 2.05) is 29.6 Å². The van der Waals surface area contributed by atoms with Gasteiger partial charge in [0.25, 0.3) is 5.91 Å². The first kappa shape index (κ1) is 22.7. The summed E-state index contributed by atoms with van der Waals surface area (Å²) in [7, 11) is 3.13. The number of nitrogens with zero attached hydrogens (tertiary/aromatic N) is 3. The Bertz CT molecular complexity index is 1170. The topological polar surface area (TPSA) is 90.3 Å². The predicted octanol–water partition coefficient (Wildman–Crippen LogP) is 4.16. The van der Waals surface area contributed by atoms with Crippen LogP contribution in [0, 0.1) is 0 Å². The molecule has 0 radical (unpaired) electrons. The summed E-state index contributed by atoms with van der Waals surface area (Å²) < 4.78 is 15.9. The van der Waals surface area contributed by atoms with Crippen molar-refractivity contribution in [2.45, 2.75) is 12.5 Å². The van der Waals surface area contributed by atoms with E-state index >= 15 is 0 Å². The number of thiophene rings is 1. The van der Waals surface area contributed by atoms with E-state index in [2.05, 4.69) is 10.1 Å². The lowest BCUT2D eigenvalue weighted by atomic mass is 10.0. The quantitative estimate of drug-likeness (QED) is 0.353. The van der Waals surface area contributed by atoms with Crippen molar-refractivity contribution in [1.29, 1.82) is 0 Å². The predicted molar refractivity (Wildman–Crippen MR) is 127 cm³/mol. The van der Waals surface area contributed by atoms with Crippen molar-refractivity contribution in [3.8, 4) is 11.5 Å². The zero-order chi connectivity index (χ0) is 23.2. The second-order valence-corrected chi connectivity index (χ2v) is 8.78. The van der Waals surface area contributed by atoms with E-state index < -0.39 is 18.5 Å². The third-order valence-corrected chi connectivity index (χ3v) is 6.57. The number of aromatic nitrogens is 1. The summed E-state index contributed by atoms with van der Waals surface area (Å²) >= 11 is 2.95. The van der Waals surface area contributed by atoms with Crippen LogP contribution in [0.25, 0.3) is 6.08 Å². The van der Waals surface area contributed by atoms with Crippen LogP contribution in [0.15, 0.2) is 58.5 Å². The van der Waals surface area contributed by atoms with E-state index in [-0.39, 0.29) is 6.04 Å². The van der Waals surface area contributed by atoms with Gasteiger partial charge in [-0.15, -0.1) is 22.7 Å². The first-order chi connectivity index (χ1) is 16.1. The second-order valence-electron chi connectivity index (χ2n) is 6.91. The minimum absolute atomic E-state index is 0.362. The van der Waals surface area contributed by atoms with Crippen LogP contribution in [0.3, 0.4) is 0 Å². The fourth-order valence-electron chi connectivity index (χ4n) is 3.35. The Morgan fingerprint density at radius 1 is 1.15 bits per heavy atom. The fraction of sp³-hybridized carbons (Fsp3) is 0.217. The van der Waals surface area contributed by atoms with Crippen molar-refractivity contribution >= 4 is 46.3 Å². The summed E-state index contributed by atoms with van der Waals surface area (Å²) in [6.45, 7) is -0.425. The number of carbonyl (C=O) groups excluding carboxylic acids is 2. The van der Waals surface area contributed by atoms with Crippen LogP contribution in [-0.4, -0.2) is 48.4 Å². The van der Waals surface area contributed by atoms with Gasteiger partial charge in [-0.3, -0.25) is 4.79 Å².